The Morgan fingerprint density at radius 3 is 2.48 bits per heavy atom. The molecular weight excluding hydrogens is 424 g/mol. The lowest BCUT2D eigenvalue weighted by atomic mass is 10.2. The van der Waals surface area contributed by atoms with Crippen LogP contribution in [0.1, 0.15) is 36.5 Å². The molecule has 0 saturated carbocycles. The van der Waals surface area contributed by atoms with Gasteiger partial charge in [-0.3, -0.25) is 14.9 Å². The zero-order valence-electron chi connectivity index (χ0n) is 18.2. The van der Waals surface area contributed by atoms with Crippen LogP contribution in [0.2, 0.25) is 0 Å². The fourth-order valence-electron chi connectivity index (χ4n) is 2.91. The Morgan fingerprint density at radius 2 is 1.79 bits per heavy atom. The molecular formula is C23H26N6O4. The number of carbonyl (C=O) groups is 3. The predicted molar refractivity (Wildman–Crippen MR) is 126 cm³/mol. The first-order valence-corrected chi connectivity index (χ1v) is 10.6. The molecule has 0 unspecified atom stereocenters. The second-order valence-corrected chi connectivity index (χ2v) is 7.26. The van der Waals surface area contributed by atoms with Crippen molar-refractivity contribution in [2.75, 3.05) is 17.2 Å². The van der Waals surface area contributed by atoms with Gasteiger partial charge in [0.25, 0.3) is 5.91 Å². The molecule has 0 bridgehead atoms. The summed E-state index contributed by atoms with van der Waals surface area (Å²) in [6, 6.07) is 14.6. The molecule has 2 amide bonds. The highest BCUT2D eigenvalue weighted by molar-refractivity contribution is 6.11. The van der Waals surface area contributed by atoms with Gasteiger partial charge in [0.15, 0.2) is 0 Å². The molecule has 1 aliphatic rings. The second-order valence-electron chi connectivity index (χ2n) is 7.26. The monoisotopic (exact) mass is 450 g/mol. The highest BCUT2D eigenvalue weighted by Gasteiger charge is 2.28. The number of esters is 1. The molecule has 0 spiro atoms. The average Bonchev–Trinajstić information content (AvgIpc) is 3.13. The standard InChI is InChI=1S/C23H26N6O4/c1-2-3-13-33-21(32)15-9-11-17(12-10-15)25-19(30)14-18-20(31)28-23(27-18)29-22(24)26-16-7-5-4-6-8-16/h4-12,18H,2-3,13-14H2,1H3,(H,25,30)(H4,24,26,27,28,29,31)/t18-/m1/s1. The fourth-order valence-corrected chi connectivity index (χ4v) is 2.91. The smallest absolute Gasteiger partial charge is 0.338 e. The van der Waals surface area contributed by atoms with Gasteiger partial charge in [0.05, 0.1) is 18.6 Å². The Hall–Kier alpha value is -4.21. The van der Waals surface area contributed by atoms with E-state index in [1.54, 1.807) is 24.3 Å². The number of hydrogen-bond donors (Lipinski definition) is 4. The van der Waals surface area contributed by atoms with E-state index in [0.29, 0.717) is 17.9 Å². The van der Waals surface area contributed by atoms with Crippen molar-refractivity contribution >= 4 is 41.1 Å². The normalized spacial score (nSPS) is 15.4. The number of hydrogen-bond acceptors (Lipinski definition) is 6. The number of unbranched alkanes of at least 4 members (excludes halogenated alkanes) is 1. The highest BCUT2D eigenvalue weighted by atomic mass is 16.5. The second kappa shape index (κ2) is 11.4. The van der Waals surface area contributed by atoms with E-state index in [1.165, 1.54) is 0 Å². The van der Waals surface area contributed by atoms with Crippen molar-refractivity contribution < 1.29 is 19.1 Å². The van der Waals surface area contributed by atoms with Gasteiger partial charge in [-0.2, -0.15) is 4.99 Å². The SMILES string of the molecule is CCCCOC(=O)c1ccc(NC(=O)C[C@H]2N=C(N=C(N)Nc3ccccc3)NC2=O)cc1. The van der Waals surface area contributed by atoms with E-state index in [4.69, 9.17) is 10.5 Å². The number of carbonyl (C=O) groups excluding carboxylic acids is 3. The van der Waals surface area contributed by atoms with E-state index in [-0.39, 0.29) is 18.3 Å². The van der Waals surface area contributed by atoms with Crippen molar-refractivity contribution in [1.29, 1.82) is 0 Å². The number of para-hydroxylation sites is 1. The zero-order chi connectivity index (χ0) is 23.6. The van der Waals surface area contributed by atoms with Gasteiger partial charge >= 0.3 is 5.97 Å². The maximum atomic E-state index is 12.4. The van der Waals surface area contributed by atoms with Gasteiger partial charge in [-0.05, 0) is 42.8 Å². The molecule has 0 radical (unpaired) electrons. The molecule has 1 atom stereocenters. The van der Waals surface area contributed by atoms with E-state index in [9.17, 15) is 14.4 Å². The Labute approximate surface area is 191 Å². The third kappa shape index (κ3) is 7.17. The minimum Gasteiger partial charge on any atom is -0.462 e. The number of nitrogens with two attached hydrogens (primary N) is 1. The first-order valence-electron chi connectivity index (χ1n) is 10.6. The molecule has 1 heterocycles. The van der Waals surface area contributed by atoms with Crippen LogP contribution in [-0.4, -0.2) is 42.4 Å². The highest BCUT2D eigenvalue weighted by Crippen LogP contribution is 2.13. The molecule has 10 nitrogen and oxygen atoms in total. The number of anilines is 2. The molecule has 1 aliphatic heterocycles. The van der Waals surface area contributed by atoms with E-state index < -0.39 is 23.8 Å². The first kappa shape index (κ1) is 23.5. The fraction of sp³-hybridized carbons (Fsp3) is 0.261. The Kier molecular flexibility index (Phi) is 8.12. The minimum atomic E-state index is -0.916. The summed E-state index contributed by atoms with van der Waals surface area (Å²) in [5, 5.41) is 8.07. The van der Waals surface area contributed by atoms with Crippen LogP contribution in [0, 0.1) is 0 Å². The van der Waals surface area contributed by atoms with Crippen LogP contribution in [0.25, 0.3) is 0 Å². The third-order valence-electron chi connectivity index (χ3n) is 4.60. The van der Waals surface area contributed by atoms with Gasteiger partial charge < -0.3 is 21.1 Å². The molecule has 33 heavy (non-hydrogen) atoms. The Balaban J connectivity index is 1.52. The molecule has 172 valence electrons. The lowest BCUT2D eigenvalue weighted by Crippen LogP contribution is -2.32. The lowest BCUT2D eigenvalue weighted by molar-refractivity contribution is -0.123. The summed E-state index contributed by atoms with van der Waals surface area (Å²) in [6.45, 7) is 2.39. The molecule has 2 aromatic carbocycles. The van der Waals surface area contributed by atoms with Crippen LogP contribution >= 0.6 is 0 Å². The average molecular weight is 450 g/mol. The number of amides is 2. The molecule has 3 rings (SSSR count). The van der Waals surface area contributed by atoms with E-state index >= 15 is 0 Å². The molecule has 0 aliphatic carbocycles. The van der Waals surface area contributed by atoms with E-state index in [2.05, 4.69) is 25.9 Å². The van der Waals surface area contributed by atoms with Crippen molar-refractivity contribution in [1.82, 2.24) is 5.32 Å². The minimum absolute atomic E-state index is 0.0321. The number of benzene rings is 2. The quantitative estimate of drug-likeness (QED) is 0.210. The molecule has 10 heteroatoms. The number of guanidine groups is 2. The van der Waals surface area contributed by atoms with Crippen molar-refractivity contribution in [3.05, 3.63) is 60.2 Å². The van der Waals surface area contributed by atoms with Crippen LogP contribution in [0.3, 0.4) is 0 Å². The number of rotatable bonds is 8. The largest absolute Gasteiger partial charge is 0.462 e. The Morgan fingerprint density at radius 1 is 1.09 bits per heavy atom. The summed E-state index contributed by atoms with van der Waals surface area (Å²) >= 11 is 0. The van der Waals surface area contributed by atoms with Crippen molar-refractivity contribution in [3.8, 4) is 0 Å². The van der Waals surface area contributed by atoms with Gasteiger partial charge in [0.2, 0.25) is 17.8 Å². The number of aliphatic imine (C=N–C) groups is 2. The van der Waals surface area contributed by atoms with Gasteiger partial charge in [0, 0.05) is 11.4 Å². The van der Waals surface area contributed by atoms with Gasteiger partial charge in [-0.25, -0.2) is 9.79 Å². The molecule has 0 saturated heterocycles. The Bertz CT molecular complexity index is 1050. The maximum Gasteiger partial charge on any atom is 0.338 e. The first-order chi connectivity index (χ1) is 15.9. The summed E-state index contributed by atoms with van der Waals surface area (Å²) in [6.07, 6.45) is 1.57. The van der Waals surface area contributed by atoms with Gasteiger partial charge in [0.1, 0.15) is 6.04 Å². The van der Waals surface area contributed by atoms with Crippen LogP contribution in [-0.2, 0) is 14.3 Å². The molecule has 0 aromatic heterocycles. The molecule has 5 N–H and O–H groups in total. The summed E-state index contributed by atoms with van der Waals surface area (Å²) in [4.78, 5) is 44.6. The van der Waals surface area contributed by atoms with E-state index in [1.807, 2.05) is 37.3 Å². The molecule has 0 fully saturated rings. The third-order valence-corrected chi connectivity index (χ3v) is 4.60. The van der Waals surface area contributed by atoms with Crippen molar-refractivity contribution in [2.45, 2.75) is 32.2 Å². The predicted octanol–water partition coefficient (Wildman–Crippen LogP) is 2.25. The van der Waals surface area contributed by atoms with Gasteiger partial charge in [-0.1, -0.05) is 31.5 Å². The number of nitrogens with one attached hydrogen (secondary N) is 3. The molecule has 2 aromatic rings. The van der Waals surface area contributed by atoms with Crippen LogP contribution < -0.4 is 21.7 Å². The zero-order valence-corrected chi connectivity index (χ0v) is 18.2. The topological polar surface area (TPSA) is 147 Å². The number of ether oxygens (including phenoxy) is 1. The summed E-state index contributed by atoms with van der Waals surface area (Å²) in [5.74, 6) is -1.17. The van der Waals surface area contributed by atoms with Crippen molar-refractivity contribution in [2.24, 2.45) is 15.7 Å². The van der Waals surface area contributed by atoms with Crippen LogP contribution in [0.5, 0.6) is 0 Å². The van der Waals surface area contributed by atoms with Crippen LogP contribution in [0.15, 0.2) is 64.6 Å². The number of nitrogens with zero attached hydrogens (tertiary/aromatic N) is 2. The summed E-state index contributed by atoms with van der Waals surface area (Å²) < 4.78 is 5.15. The van der Waals surface area contributed by atoms with Crippen LogP contribution in [0.4, 0.5) is 11.4 Å². The van der Waals surface area contributed by atoms with Crippen molar-refractivity contribution in [3.63, 3.8) is 0 Å². The summed E-state index contributed by atoms with van der Waals surface area (Å²) in [5.41, 5.74) is 7.46. The maximum absolute atomic E-state index is 12.4. The lowest BCUT2D eigenvalue weighted by Gasteiger charge is -2.08. The van der Waals surface area contributed by atoms with Gasteiger partial charge in [-0.15, -0.1) is 0 Å². The van der Waals surface area contributed by atoms with E-state index in [0.717, 1.165) is 18.5 Å². The summed E-state index contributed by atoms with van der Waals surface area (Å²) in [7, 11) is 0.